The van der Waals surface area contributed by atoms with Gasteiger partial charge in [0.15, 0.2) is 0 Å². The van der Waals surface area contributed by atoms with E-state index in [9.17, 15) is 0 Å². The summed E-state index contributed by atoms with van der Waals surface area (Å²) < 4.78 is 0. The van der Waals surface area contributed by atoms with E-state index in [1.54, 1.807) is 0 Å². The van der Waals surface area contributed by atoms with Crippen molar-refractivity contribution >= 4 is 0 Å². The molecule has 3 nitrogen and oxygen atoms in total. The van der Waals surface area contributed by atoms with Crippen LogP contribution in [0.5, 0.6) is 0 Å². The Bertz CT molecular complexity index is 234. The maximum Gasteiger partial charge on any atom is 0.0104 e. The molecule has 2 aliphatic rings. The summed E-state index contributed by atoms with van der Waals surface area (Å²) in [6, 6.07) is 1.22. The van der Waals surface area contributed by atoms with Gasteiger partial charge < -0.3 is 15.5 Å². The van der Waals surface area contributed by atoms with Gasteiger partial charge in [0, 0.05) is 12.1 Å². The molecule has 2 N–H and O–H groups in total. The van der Waals surface area contributed by atoms with Gasteiger partial charge in [0.2, 0.25) is 0 Å². The number of hydrogen-bond donors (Lipinski definition) is 1. The highest BCUT2D eigenvalue weighted by Crippen LogP contribution is 2.22. The fourth-order valence-corrected chi connectivity index (χ4v) is 3.54. The molecule has 0 aromatic rings. The Hall–Kier alpha value is -0.120. The molecule has 2 saturated heterocycles. The molecule has 2 atom stereocenters. The maximum absolute atomic E-state index is 6.00. The number of rotatable bonds is 4. The van der Waals surface area contributed by atoms with Gasteiger partial charge in [0.25, 0.3) is 0 Å². The zero-order valence-electron chi connectivity index (χ0n) is 12.3. The van der Waals surface area contributed by atoms with Gasteiger partial charge in [-0.25, -0.2) is 0 Å². The van der Waals surface area contributed by atoms with Gasteiger partial charge in [-0.1, -0.05) is 6.42 Å². The van der Waals surface area contributed by atoms with Crippen LogP contribution in [-0.4, -0.2) is 55.1 Å². The molecule has 106 valence electrons. The minimum Gasteiger partial charge on any atom is -0.328 e. The van der Waals surface area contributed by atoms with E-state index in [-0.39, 0.29) is 0 Å². The van der Waals surface area contributed by atoms with Gasteiger partial charge in [-0.05, 0) is 78.2 Å². The molecule has 0 spiro atoms. The van der Waals surface area contributed by atoms with Crippen molar-refractivity contribution in [2.24, 2.45) is 11.7 Å². The summed E-state index contributed by atoms with van der Waals surface area (Å²) in [6.07, 6.45) is 8.21. The van der Waals surface area contributed by atoms with Gasteiger partial charge in [-0.2, -0.15) is 0 Å². The SMILES string of the molecule is CC(N)C1CCN(CCC2CCCCN2C)CC1. The van der Waals surface area contributed by atoms with Gasteiger partial charge in [0.05, 0.1) is 0 Å². The van der Waals surface area contributed by atoms with Gasteiger partial charge in [0.1, 0.15) is 0 Å². The van der Waals surface area contributed by atoms with Crippen LogP contribution in [0.15, 0.2) is 0 Å². The van der Waals surface area contributed by atoms with Crippen molar-refractivity contribution in [3.05, 3.63) is 0 Å². The van der Waals surface area contributed by atoms with E-state index in [0.29, 0.717) is 6.04 Å². The predicted molar refractivity (Wildman–Crippen MR) is 77.7 cm³/mol. The van der Waals surface area contributed by atoms with E-state index in [2.05, 4.69) is 23.8 Å². The van der Waals surface area contributed by atoms with Crippen LogP contribution < -0.4 is 5.73 Å². The molecule has 2 aliphatic heterocycles. The molecule has 2 rings (SSSR count). The van der Waals surface area contributed by atoms with Crippen LogP contribution >= 0.6 is 0 Å². The van der Waals surface area contributed by atoms with E-state index in [4.69, 9.17) is 5.73 Å². The Kier molecular flexibility index (Phi) is 5.46. The predicted octanol–water partition coefficient (Wildman–Crippen LogP) is 1.92. The van der Waals surface area contributed by atoms with Crippen LogP contribution in [0.3, 0.4) is 0 Å². The Labute approximate surface area is 113 Å². The third-order valence-electron chi connectivity index (χ3n) is 5.08. The lowest BCUT2D eigenvalue weighted by atomic mass is 9.90. The molecule has 0 amide bonds. The minimum absolute atomic E-state index is 0.386. The summed E-state index contributed by atoms with van der Waals surface area (Å²) in [5.74, 6) is 0.763. The molecule has 0 saturated carbocycles. The highest BCUT2D eigenvalue weighted by atomic mass is 15.2. The van der Waals surface area contributed by atoms with Crippen molar-refractivity contribution in [3.8, 4) is 0 Å². The second-order valence-corrected chi connectivity index (χ2v) is 6.46. The third kappa shape index (κ3) is 3.94. The largest absolute Gasteiger partial charge is 0.328 e. The van der Waals surface area contributed by atoms with Crippen LogP contribution in [0.1, 0.15) is 45.4 Å². The van der Waals surface area contributed by atoms with Crippen LogP contribution in [0.4, 0.5) is 0 Å². The summed E-state index contributed by atoms with van der Waals surface area (Å²) in [7, 11) is 2.30. The summed E-state index contributed by atoms with van der Waals surface area (Å²) in [5.41, 5.74) is 6.00. The summed E-state index contributed by atoms with van der Waals surface area (Å²) in [4.78, 5) is 5.22. The topological polar surface area (TPSA) is 32.5 Å². The first-order valence-electron chi connectivity index (χ1n) is 7.85. The first kappa shape index (κ1) is 14.3. The average Bonchev–Trinajstić information content (AvgIpc) is 2.38. The van der Waals surface area contributed by atoms with Crippen LogP contribution in [0.25, 0.3) is 0 Å². The molecular formula is C15H31N3. The highest BCUT2D eigenvalue weighted by Gasteiger charge is 2.23. The molecule has 18 heavy (non-hydrogen) atoms. The molecule has 2 heterocycles. The lowest BCUT2D eigenvalue weighted by molar-refractivity contribution is 0.129. The fourth-order valence-electron chi connectivity index (χ4n) is 3.54. The average molecular weight is 253 g/mol. The number of nitrogens with zero attached hydrogens (tertiary/aromatic N) is 2. The molecule has 0 radical (unpaired) electrons. The first-order valence-corrected chi connectivity index (χ1v) is 7.85. The Morgan fingerprint density at radius 1 is 1.11 bits per heavy atom. The lowest BCUT2D eigenvalue weighted by Crippen LogP contribution is -2.43. The quantitative estimate of drug-likeness (QED) is 0.831. The number of likely N-dealkylation sites (tertiary alicyclic amines) is 2. The lowest BCUT2D eigenvalue weighted by Gasteiger charge is -2.37. The van der Waals surface area contributed by atoms with Crippen LogP contribution in [0, 0.1) is 5.92 Å². The van der Waals surface area contributed by atoms with E-state index in [1.165, 1.54) is 64.7 Å². The van der Waals surface area contributed by atoms with Gasteiger partial charge >= 0.3 is 0 Å². The smallest absolute Gasteiger partial charge is 0.0104 e. The molecule has 3 heteroatoms. The van der Waals surface area contributed by atoms with Crippen molar-refractivity contribution < 1.29 is 0 Å². The molecule has 0 aromatic carbocycles. The van der Waals surface area contributed by atoms with E-state index < -0.39 is 0 Å². The molecular weight excluding hydrogens is 222 g/mol. The molecule has 0 bridgehead atoms. The normalized spacial score (nSPS) is 30.5. The molecule has 2 fully saturated rings. The molecule has 0 aromatic heterocycles. The summed E-state index contributed by atoms with van der Waals surface area (Å²) >= 11 is 0. The second kappa shape index (κ2) is 6.88. The maximum atomic E-state index is 6.00. The number of hydrogen-bond acceptors (Lipinski definition) is 3. The van der Waals surface area contributed by atoms with Crippen molar-refractivity contribution in [1.82, 2.24) is 9.80 Å². The standard InChI is InChI=1S/C15H31N3/c1-13(16)14-6-10-18(11-7-14)12-8-15-5-3-4-9-17(15)2/h13-15H,3-12,16H2,1-2H3. The van der Waals surface area contributed by atoms with Crippen molar-refractivity contribution in [2.45, 2.75) is 57.5 Å². The molecule has 2 unspecified atom stereocenters. The van der Waals surface area contributed by atoms with E-state index >= 15 is 0 Å². The Morgan fingerprint density at radius 3 is 2.44 bits per heavy atom. The second-order valence-electron chi connectivity index (χ2n) is 6.46. The van der Waals surface area contributed by atoms with Crippen molar-refractivity contribution in [1.29, 1.82) is 0 Å². The van der Waals surface area contributed by atoms with Crippen molar-refractivity contribution in [2.75, 3.05) is 33.2 Å². The summed E-state index contributed by atoms with van der Waals surface area (Å²) in [6.45, 7) is 7.29. The van der Waals surface area contributed by atoms with Gasteiger partial charge in [-0.3, -0.25) is 0 Å². The summed E-state index contributed by atoms with van der Waals surface area (Å²) in [5, 5.41) is 0. The van der Waals surface area contributed by atoms with Crippen LogP contribution in [-0.2, 0) is 0 Å². The fraction of sp³-hybridized carbons (Fsp3) is 1.00. The minimum atomic E-state index is 0.386. The Balaban J connectivity index is 1.65. The first-order chi connectivity index (χ1) is 8.66. The number of nitrogens with two attached hydrogens (primary N) is 1. The number of piperidine rings is 2. The monoisotopic (exact) mass is 253 g/mol. The highest BCUT2D eigenvalue weighted by molar-refractivity contribution is 4.80. The zero-order chi connectivity index (χ0) is 13.0. The molecule has 0 aliphatic carbocycles. The van der Waals surface area contributed by atoms with E-state index in [0.717, 1.165) is 12.0 Å². The zero-order valence-corrected chi connectivity index (χ0v) is 12.3. The third-order valence-corrected chi connectivity index (χ3v) is 5.08. The Morgan fingerprint density at radius 2 is 1.83 bits per heavy atom. The van der Waals surface area contributed by atoms with Crippen LogP contribution in [0.2, 0.25) is 0 Å². The van der Waals surface area contributed by atoms with Gasteiger partial charge in [-0.15, -0.1) is 0 Å². The van der Waals surface area contributed by atoms with E-state index in [1.807, 2.05) is 0 Å². The van der Waals surface area contributed by atoms with Crippen molar-refractivity contribution in [3.63, 3.8) is 0 Å².